The van der Waals surface area contributed by atoms with Crippen molar-refractivity contribution in [2.24, 2.45) is 0 Å². The fourth-order valence-corrected chi connectivity index (χ4v) is 1.26. The summed E-state index contributed by atoms with van der Waals surface area (Å²) in [6.07, 6.45) is 5.81. The molecule has 0 aliphatic rings. The van der Waals surface area contributed by atoms with Gasteiger partial charge in [0.2, 0.25) is 5.91 Å². The fraction of sp³-hybridized carbons (Fsp3) is 0.500. The van der Waals surface area contributed by atoms with Gasteiger partial charge in [-0.2, -0.15) is 0 Å². The molecular formula is C12H18N2O. The third-order valence-corrected chi connectivity index (χ3v) is 2.41. The van der Waals surface area contributed by atoms with Gasteiger partial charge in [0.15, 0.2) is 0 Å². The number of carbonyl (C=O) groups is 1. The smallest absolute Gasteiger partial charge is 0.220 e. The average molecular weight is 206 g/mol. The molecule has 0 fully saturated rings. The predicted octanol–water partition coefficient (Wildman–Crippen LogP) is 1.93. The van der Waals surface area contributed by atoms with Gasteiger partial charge >= 0.3 is 0 Å². The maximum Gasteiger partial charge on any atom is 0.220 e. The van der Waals surface area contributed by atoms with Crippen LogP contribution in [0, 0.1) is 0 Å². The van der Waals surface area contributed by atoms with Gasteiger partial charge in [-0.05, 0) is 37.5 Å². The summed E-state index contributed by atoms with van der Waals surface area (Å²) in [6.45, 7) is 4.08. The van der Waals surface area contributed by atoms with E-state index in [1.165, 1.54) is 0 Å². The van der Waals surface area contributed by atoms with Crippen LogP contribution in [0.25, 0.3) is 0 Å². The van der Waals surface area contributed by atoms with Crippen LogP contribution in [0.15, 0.2) is 24.5 Å². The number of hydrogen-bond donors (Lipinski definition) is 1. The number of carbonyl (C=O) groups excluding carboxylic acids is 1. The van der Waals surface area contributed by atoms with Crippen molar-refractivity contribution in [1.29, 1.82) is 0 Å². The molecular weight excluding hydrogens is 188 g/mol. The highest BCUT2D eigenvalue weighted by atomic mass is 16.1. The Bertz CT molecular complexity index is 298. The topological polar surface area (TPSA) is 42.0 Å². The van der Waals surface area contributed by atoms with E-state index in [1.54, 1.807) is 12.4 Å². The minimum Gasteiger partial charge on any atom is -0.354 e. The summed E-state index contributed by atoms with van der Waals surface area (Å²) in [7, 11) is 0. The first-order chi connectivity index (χ1) is 7.22. The minimum atomic E-state index is 0.126. The molecule has 0 aliphatic heterocycles. The Hall–Kier alpha value is -1.38. The summed E-state index contributed by atoms with van der Waals surface area (Å²) in [5.41, 5.74) is 1.16. The first kappa shape index (κ1) is 11.7. The molecule has 0 saturated carbocycles. The summed E-state index contributed by atoms with van der Waals surface area (Å²) in [6, 6.07) is 4.16. The van der Waals surface area contributed by atoms with Crippen molar-refractivity contribution in [3.63, 3.8) is 0 Å². The van der Waals surface area contributed by atoms with Crippen molar-refractivity contribution < 1.29 is 4.79 Å². The summed E-state index contributed by atoms with van der Waals surface area (Å²) in [5.74, 6) is 0.126. The van der Waals surface area contributed by atoms with Gasteiger partial charge in [0.1, 0.15) is 0 Å². The molecule has 0 bridgehead atoms. The van der Waals surface area contributed by atoms with Crippen molar-refractivity contribution >= 4 is 5.91 Å². The van der Waals surface area contributed by atoms with Gasteiger partial charge in [-0.3, -0.25) is 9.78 Å². The van der Waals surface area contributed by atoms with E-state index in [1.807, 2.05) is 19.1 Å². The molecule has 3 nitrogen and oxygen atoms in total. The number of hydrogen-bond acceptors (Lipinski definition) is 2. The van der Waals surface area contributed by atoms with Gasteiger partial charge in [0, 0.05) is 24.9 Å². The Kier molecular flexibility index (Phi) is 4.81. The number of nitrogens with zero attached hydrogens (tertiary/aromatic N) is 1. The molecule has 0 radical (unpaired) electrons. The molecule has 82 valence electrons. The molecule has 0 aliphatic carbocycles. The molecule has 1 rings (SSSR count). The maximum absolute atomic E-state index is 11.5. The van der Waals surface area contributed by atoms with E-state index in [0.29, 0.717) is 6.42 Å². The molecule has 1 aromatic rings. The Morgan fingerprint density at radius 1 is 1.47 bits per heavy atom. The molecule has 1 N–H and O–H groups in total. The number of rotatable bonds is 5. The number of pyridine rings is 1. The minimum absolute atomic E-state index is 0.126. The Labute approximate surface area is 90.9 Å². The van der Waals surface area contributed by atoms with E-state index >= 15 is 0 Å². The SMILES string of the molecule is CCC(C)NC(=O)CCc1ccncc1. The largest absolute Gasteiger partial charge is 0.354 e. The summed E-state index contributed by atoms with van der Waals surface area (Å²) in [5, 5.41) is 2.95. The summed E-state index contributed by atoms with van der Waals surface area (Å²) in [4.78, 5) is 15.4. The quantitative estimate of drug-likeness (QED) is 0.799. The fourth-order valence-electron chi connectivity index (χ4n) is 1.26. The van der Waals surface area contributed by atoms with Crippen LogP contribution in [0.4, 0.5) is 0 Å². The van der Waals surface area contributed by atoms with Crippen LogP contribution in [-0.4, -0.2) is 16.9 Å². The molecule has 1 heterocycles. The normalized spacial score (nSPS) is 12.1. The molecule has 1 unspecified atom stereocenters. The van der Waals surface area contributed by atoms with E-state index < -0.39 is 0 Å². The Balaban J connectivity index is 2.29. The lowest BCUT2D eigenvalue weighted by atomic mass is 10.1. The van der Waals surface area contributed by atoms with Crippen LogP contribution in [-0.2, 0) is 11.2 Å². The van der Waals surface area contributed by atoms with Crippen molar-refractivity contribution in [2.45, 2.75) is 39.2 Å². The molecule has 1 amide bonds. The molecule has 0 saturated heterocycles. The highest BCUT2D eigenvalue weighted by Gasteiger charge is 2.05. The second-order valence-corrected chi connectivity index (χ2v) is 3.73. The highest BCUT2D eigenvalue weighted by Crippen LogP contribution is 2.01. The third kappa shape index (κ3) is 4.58. The lowest BCUT2D eigenvalue weighted by molar-refractivity contribution is -0.121. The zero-order chi connectivity index (χ0) is 11.1. The molecule has 15 heavy (non-hydrogen) atoms. The average Bonchev–Trinajstić information content (AvgIpc) is 2.27. The number of amides is 1. The lowest BCUT2D eigenvalue weighted by Gasteiger charge is -2.10. The van der Waals surface area contributed by atoms with Crippen LogP contribution in [0.1, 0.15) is 32.3 Å². The van der Waals surface area contributed by atoms with Gasteiger partial charge in [0.25, 0.3) is 0 Å². The van der Waals surface area contributed by atoms with Gasteiger partial charge in [0.05, 0.1) is 0 Å². The molecule has 1 atom stereocenters. The van der Waals surface area contributed by atoms with Gasteiger partial charge in [-0.15, -0.1) is 0 Å². The molecule has 3 heteroatoms. The Morgan fingerprint density at radius 2 is 2.13 bits per heavy atom. The van der Waals surface area contributed by atoms with Gasteiger partial charge in [-0.25, -0.2) is 0 Å². The van der Waals surface area contributed by atoms with Crippen LogP contribution in [0.5, 0.6) is 0 Å². The standard InChI is InChI=1S/C12H18N2O/c1-3-10(2)14-12(15)5-4-11-6-8-13-9-7-11/h6-10H,3-5H2,1-2H3,(H,14,15). The number of aryl methyl sites for hydroxylation is 1. The van der Waals surface area contributed by atoms with E-state index in [9.17, 15) is 4.79 Å². The van der Waals surface area contributed by atoms with Gasteiger partial charge < -0.3 is 5.32 Å². The second-order valence-electron chi connectivity index (χ2n) is 3.73. The molecule has 1 aromatic heterocycles. The highest BCUT2D eigenvalue weighted by molar-refractivity contribution is 5.76. The van der Waals surface area contributed by atoms with Crippen molar-refractivity contribution in [1.82, 2.24) is 10.3 Å². The monoisotopic (exact) mass is 206 g/mol. The van der Waals surface area contributed by atoms with E-state index in [0.717, 1.165) is 18.4 Å². The van der Waals surface area contributed by atoms with Crippen molar-refractivity contribution in [3.05, 3.63) is 30.1 Å². The third-order valence-electron chi connectivity index (χ3n) is 2.41. The second kappa shape index (κ2) is 6.17. The zero-order valence-electron chi connectivity index (χ0n) is 9.36. The van der Waals surface area contributed by atoms with Crippen LogP contribution >= 0.6 is 0 Å². The first-order valence-corrected chi connectivity index (χ1v) is 5.40. The summed E-state index contributed by atoms with van der Waals surface area (Å²) < 4.78 is 0. The Morgan fingerprint density at radius 3 is 2.73 bits per heavy atom. The van der Waals surface area contributed by atoms with E-state index in [-0.39, 0.29) is 11.9 Å². The molecule has 0 aromatic carbocycles. The van der Waals surface area contributed by atoms with Crippen molar-refractivity contribution in [2.75, 3.05) is 0 Å². The lowest BCUT2D eigenvalue weighted by Crippen LogP contribution is -2.31. The van der Waals surface area contributed by atoms with Crippen LogP contribution in [0.3, 0.4) is 0 Å². The molecule has 0 spiro atoms. The number of nitrogens with one attached hydrogen (secondary N) is 1. The van der Waals surface area contributed by atoms with E-state index in [4.69, 9.17) is 0 Å². The predicted molar refractivity (Wildman–Crippen MR) is 60.5 cm³/mol. The zero-order valence-corrected chi connectivity index (χ0v) is 9.36. The summed E-state index contributed by atoms with van der Waals surface area (Å²) >= 11 is 0. The van der Waals surface area contributed by atoms with Crippen LogP contribution in [0.2, 0.25) is 0 Å². The van der Waals surface area contributed by atoms with Gasteiger partial charge in [-0.1, -0.05) is 6.92 Å². The van der Waals surface area contributed by atoms with Crippen molar-refractivity contribution in [3.8, 4) is 0 Å². The van der Waals surface area contributed by atoms with Crippen LogP contribution < -0.4 is 5.32 Å². The first-order valence-electron chi connectivity index (χ1n) is 5.40. The van der Waals surface area contributed by atoms with E-state index in [2.05, 4.69) is 17.2 Å². The maximum atomic E-state index is 11.5. The number of aromatic nitrogens is 1.